The van der Waals surface area contributed by atoms with Crippen molar-refractivity contribution in [2.24, 2.45) is 5.73 Å². The van der Waals surface area contributed by atoms with E-state index in [-0.39, 0.29) is 24.4 Å². The highest BCUT2D eigenvalue weighted by Gasteiger charge is 2.41. The lowest BCUT2D eigenvalue weighted by Crippen LogP contribution is -2.48. The molecule has 0 aromatic heterocycles. The van der Waals surface area contributed by atoms with Gasteiger partial charge in [0.2, 0.25) is 5.91 Å². The number of hydrogen-bond acceptors (Lipinski definition) is 3. The molecule has 1 fully saturated rings. The van der Waals surface area contributed by atoms with E-state index in [4.69, 9.17) is 10.5 Å². The minimum Gasteiger partial charge on any atom is -0.381 e. The molecule has 1 aliphatic heterocycles. The average Bonchev–Trinajstić information content (AvgIpc) is 2.48. The van der Waals surface area contributed by atoms with Gasteiger partial charge in [-0.05, 0) is 38.7 Å². The molecule has 1 aromatic rings. The number of ether oxygens (including phenoxy) is 1. The standard InChI is InChI=1S/C17H26N2O2.ClH/c1-13-3-5-15(6-4-13)17(8-11-21-12-9-17)16(20)19-10-7-14(2)18;/h3-6,14H,7-12,18H2,1-2H3,(H,19,20);1H. The van der Waals surface area contributed by atoms with E-state index in [1.54, 1.807) is 0 Å². The van der Waals surface area contributed by atoms with Gasteiger partial charge in [-0.15, -0.1) is 12.4 Å². The van der Waals surface area contributed by atoms with Gasteiger partial charge < -0.3 is 15.8 Å². The van der Waals surface area contributed by atoms with Crippen LogP contribution in [0.5, 0.6) is 0 Å². The fourth-order valence-electron chi connectivity index (χ4n) is 2.82. The predicted octanol–water partition coefficient (Wildman–Crippen LogP) is 2.32. The number of hydrogen-bond donors (Lipinski definition) is 2. The second-order valence-electron chi connectivity index (χ2n) is 6.08. The molecular formula is C17H27ClN2O2. The molecular weight excluding hydrogens is 300 g/mol. The molecule has 0 aliphatic carbocycles. The summed E-state index contributed by atoms with van der Waals surface area (Å²) in [6.07, 6.45) is 2.27. The van der Waals surface area contributed by atoms with Crippen molar-refractivity contribution < 1.29 is 9.53 Å². The highest BCUT2D eigenvalue weighted by atomic mass is 35.5. The molecule has 0 spiro atoms. The SMILES string of the molecule is Cc1ccc(C2(C(=O)NCCC(C)N)CCOCC2)cc1.Cl. The van der Waals surface area contributed by atoms with Gasteiger partial charge in [-0.1, -0.05) is 29.8 Å². The van der Waals surface area contributed by atoms with Crippen LogP contribution >= 0.6 is 12.4 Å². The van der Waals surface area contributed by atoms with Crippen LogP contribution < -0.4 is 11.1 Å². The molecule has 1 heterocycles. The number of aryl methyl sites for hydroxylation is 1. The van der Waals surface area contributed by atoms with Crippen LogP contribution in [0.15, 0.2) is 24.3 Å². The topological polar surface area (TPSA) is 64.4 Å². The molecule has 0 radical (unpaired) electrons. The van der Waals surface area contributed by atoms with Gasteiger partial charge in [0.25, 0.3) is 0 Å². The largest absolute Gasteiger partial charge is 0.381 e. The van der Waals surface area contributed by atoms with E-state index in [1.165, 1.54) is 5.56 Å². The second-order valence-corrected chi connectivity index (χ2v) is 6.08. The molecule has 1 atom stereocenters. The third kappa shape index (κ3) is 4.45. The van der Waals surface area contributed by atoms with Crippen LogP contribution in [-0.4, -0.2) is 31.7 Å². The van der Waals surface area contributed by atoms with Gasteiger partial charge >= 0.3 is 0 Å². The first-order chi connectivity index (χ1) is 10.0. The molecule has 1 saturated heterocycles. The van der Waals surface area contributed by atoms with E-state index in [0.717, 1.165) is 24.8 Å². The van der Waals surface area contributed by atoms with Crippen LogP contribution in [0, 0.1) is 6.92 Å². The second kappa shape index (κ2) is 8.51. The zero-order chi connectivity index (χ0) is 15.3. The van der Waals surface area contributed by atoms with Crippen LogP contribution in [0.2, 0.25) is 0 Å². The van der Waals surface area contributed by atoms with Crippen molar-refractivity contribution in [3.8, 4) is 0 Å². The maximum absolute atomic E-state index is 12.8. The van der Waals surface area contributed by atoms with Gasteiger partial charge in [0.15, 0.2) is 0 Å². The predicted molar refractivity (Wildman–Crippen MR) is 91.4 cm³/mol. The fraction of sp³-hybridized carbons (Fsp3) is 0.588. The molecule has 1 amide bonds. The fourth-order valence-corrected chi connectivity index (χ4v) is 2.82. The average molecular weight is 327 g/mol. The summed E-state index contributed by atoms with van der Waals surface area (Å²) in [7, 11) is 0. The normalized spacial score (nSPS) is 18.1. The minimum absolute atomic E-state index is 0. The number of nitrogens with two attached hydrogens (primary N) is 1. The highest BCUT2D eigenvalue weighted by molar-refractivity contribution is 5.88. The molecule has 4 nitrogen and oxygen atoms in total. The first kappa shape index (κ1) is 18.9. The van der Waals surface area contributed by atoms with Crippen molar-refractivity contribution in [2.45, 2.75) is 44.6 Å². The smallest absolute Gasteiger partial charge is 0.230 e. The number of halogens is 1. The maximum atomic E-state index is 12.8. The molecule has 1 aliphatic rings. The molecule has 1 aromatic carbocycles. The van der Waals surface area contributed by atoms with Crippen LogP contribution in [-0.2, 0) is 14.9 Å². The molecule has 124 valence electrons. The molecule has 3 N–H and O–H groups in total. The third-order valence-corrected chi connectivity index (χ3v) is 4.27. The number of rotatable bonds is 5. The van der Waals surface area contributed by atoms with E-state index in [9.17, 15) is 4.79 Å². The Morgan fingerprint density at radius 1 is 1.32 bits per heavy atom. The van der Waals surface area contributed by atoms with Crippen molar-refractivity contribution >= 4 is 18.3 Å². The van der Waals surface area contributed by atoms with Crippen molar-refractivity contribution in [2.75, 3.05) is 19.8 Å². The number of carbonyl (C=O) groups excluding carboxylic acids is 1. The van der Waals surface area contributed by atoms with Crippen LogP contribution in [0.4, 0.5) is 0 Å². The Labute approximate surface area is 139 Å². The maximum Gasteiger partial charge on any atom is 0.230 e. The van der Waals surface area contributed by atoms with E-state index in [2.05, 4.69) is 36.5 Å². The molecule has 0 saturated carbocycles. The summed E-state index contributed by atoms with van der Waals surface area (Å²) in [5.41, 5.74) is 7.59. The molecule has 1 unspecified atom stereocenters. The van der Waals surface area contributed by atoms with Crippen LogP contribution in [0.25, 0.3) is 0 Å². The Bertz CT molecular complexity index is 468. The number of benzene rings is 1. The minimum atomic E-state index is -0.455. The molecule has 22 heavy (non-hydrogen) atoms. The van der Waals surface area contributed by atoms with Gasteiger partial charge in [0.1, 0.15) is 0 Å². The number of nitrogens with one attached hydrogen (secondary N) is 1. The van der Waals surface area contributed by atoms with E-state index >= 15 is 0 Å². The van der Waals surface area contributed by atoms with Crippen LogP contribution in [0.3, 0.4) is 0 Å². The van der Waals surface area contributed by atoms with Gasteiger partial charge in [0.05, 0.1) is 5.41 Å². The zero-order valence-electron chi connectivity index (χ0n) is 13.4. The van der Waals surface area contributed by atoms with Crippen LogP contribution in [0.1, 0.15) is 37.3 Å². The van der Waals surface area contributed by atoms with E-state index in [0.29, 0.717) is 19.8 Å². The van der Waals surface area contributed by atoms with Crippen molar-refractivity contribution in [3.63, 3.8) is 0 Å². The quantitative estimate of drug-likeness (QED) is 0.872. The van der Waals surface area contributed by atoms with Gasteiger partial charge in [0, 0.05) is 25.8 Å². The molecule has 2 rings (SSSR count). The lowest BCUT2D eigenvalue weighted by molar-refractivity contribution is -0.130. The summed E-state index contributed by atoms with van der Waals surface area (Å²) in [5.74, 6) is 0.107. The van der Waals surface area contributed by atoms with Gasteiger partial charge in [-0.25, -0.2) is 0 Å². The lowest BCUT2D eigenvalue weighted by Gasteiger charge is -2.36. The summed E-state index contributed by atoms with van der Waals surface area (Å²) in [6.45, 7) is 5.91. The Hall–Kier alpha value is -1.10. The summed E-state index contributed by atoms with van der Waals surface area (Å²) < 4.78 is 5.46. The van der Waals surface area contributed by atoms with Gasteiger partial charge in [-0.2, -0.15) is 0 Å². The Balaban J connectivity index is 0.00000242. The Morgan fingerprint density at radius 2 is 1.91 bits per heavy atom. The summed E-state index contributed by atoms with van der Waals surface area (Å²) >= 11 is 0. The van der Waals surface area contributed by atoms with Gasteiger partial charge in [-0.3, -0.25) is 4.79 Å². The van der Waals surface area contributed by atoms with Crippen molar-refractivity contribution in [3.05, 3.63) is 35.4 Å². The monoisotopic (exact) mass is 326 g/mol. The zero-order valence-corrected chi connectivity index (χ0v) is 14.2. The molecule has 5 heteroatoms. The van der Waals surface area contributed by atoms with Crippen molar-refractivity contribution in [1.29, 1.82) is 0 Å². The highest BCUT2D eigenvalue weighted by Crippen LogP contribution is 2.35. The first-order valence-electron chi connectivity index (χ1n) is 7.73. The third-order valence-electron chi connectivity index (χ3n) is 4.27. The van der Waals surface area contributed by atoms with E-state index in [1.807, 2.05) is 6.92 Å². The first-order valence-corrected chi connectivity index (χ1v) is 7.73. The van der Waals surface area contributed by atoms with Crippen molar-refractivity contribution in [1.82, 2.24) is 5.32 Å². The molecule has 0 bridgehead atoms. The summed E-state index contributed by atoms with van der Waals surface area (Å²) in [5, 5.41) is 3.06. The Kier molecular flexibility index (Phi) is 7.33. The lowest BCUT2D eigenvalue weighted by atomic mass is 9.73. The van der Waals surface area contributed by atoms with E-state index < -0.39 is 5.41 Å². The number of carbonyl (C=O) groups is 1. The summed E-state index contributed by atoms with van der Waals surface area (Å²) in [6, 6.07) is 8.40. The summed E-state index contributed by atoms with van der Waals surface area (Å²) in [4.78, 5) is 12.8. The number of amides is 1. The Morgan fingerprint density at radius 3 is 2.45 bits per heavy atom.